The van der Waals surface area contributed by atoms with Gasteiger partial charge in [0.1, 0.15) is 12.4 Å². The molecule has 0 spiro atoms. The highest BCUT2D eigenvalue weighted by Gasteiger charge is 2.01. The van der Waals surface area contributed by atoms with Crippen molar-refractivity contribution in [1.82, 2.24) is 0 Å². The van der Waals surface area contributed by atoms with Crippen molar-refractivity contribution in [2.45, 2.75) is 39.7 Å². The first-order chi connectivity index (χ1) is 7.15. The minimum absolute atomic E-state index is 0.0837. The summed E-state index contributed by atoms with van der Waals surface area (Å²) in [6.07, 6.45) is 2.09. The maximum atomic E-state index is 5.66. The number of nitrogens with two attached hydrogens (primary N) is 1. The molecule has 0 amide bonds. The SMILES string of the molecule is CCc1cc(CC)cc(OCC(C)N)c1. The Balaban J connectivity index is 2.77. The van der Waals surface area contributed by atoms with Crippen molar-refractivity contribution < 1.29 is 4.74 Å². The van der Waals surface area contributed by atoms with Gasteiger partial charge in [0, 0.05) is 6.04 Å². The predicted molar refractivity (Wildman–Crippen MR) is 64.3 cm³/mol. The largest absolute Gasteiger partial charge is 0.492 e. The molecule has 0 aliphatic heterocycles. The van der Waals surface area contributed by atoms with Crippen LogP contribution in [0.15, 0.2) is 18.2 Å². The summed E-state index contributed by atoms with van der Waals surface area (Å²) in [6.45, 7) is 6.84. The van der Waals surface area contributed by atoms with E-state index in [0.717, 1.165) is 18.6 Å². The molecule has 1 aromatic carbocycles. The van der Waals surface area contributed by atoms with Crippen LogP contribution >= 0.6 is 0 Å². The third-order valence-corrected chi connectivity index (χ3v) is 2.36. The molecule has 2 nitrogen and oxygen atoms in total. The molecular formula is C13H21NO. The van der Waals surface area contributed by atoms with E-state index in [1.165, 1.54) is 11.1 Å². The number of rotatable bonds is 5. The molecule has 1 unspecified atom stereocenters. The molecule has 1 atom stereocenters. The molecule has 0 radical (unpaired) electrons. The lowest BCUT2D eigenvalue weighted by molar-refractivity contribution is 0.296. The summed E-state index contributed by atoms with van der Waals surface area (Å²) in [7, 11) is 0. The van der Waals surface area contributed by atoms with Crippen LogP contribution in [0.4, 0.5) is 0 Å². The molecule has 0 fully saturated rings. The maximum absolute atomic E-state index is 5.66. The second-order valence-corrected chi connectivity index (χ2v) is 3.98. The average Bonchev–Trinajstić information content (AvgIpc) is 2.25. The lowest BCUT2D eigenvalue weighted by atomic mass is 10.1. The molecule has 0 heterocycles. The normalized spacial score (nSPS) is 12.5. The minimum Gasteiger partial charge on any atom is -0.492 e. The molecule has 1 aromatic rings. The molecule has 2 heteroatoms. The Labute approximate surface area is 92.4 Å². The summed E-state index contributed by atoms with van der Waals surface area (Å²) in [5.41, 5.74) is 8.31. The second-order valence-electron chi connectivity index (χ2n) is 3.98. The van der Waals surface area contributed by atoms with E-state index >= 15 is 0 Å². The molecule has 0 saturated carbocycles. The van der Waals surface area contributed by atoms with Crippen LogP contribution in [-0.2, 0) is 12.8 Å². The first kappa shape index (κ1) is 12.1. The van der Waals surface area contributed by atoms with Gasteiger partial charge >= 0.3 is 0 Å². The third-order valence-electron chi connectivity index (χ3n) is 2.36. The number of ether oxygens (including phenoxy) is 1. The fourth-order valence-corrected chi connectivity index (χ4v) is 1.45. The van der Waals surface area contributed by atoms with Gasteiger partial charge in [0.15, 0.2) is 0 Å². The van der Waals surface area contributed by atoms with Gasteiger partial charge in [-0.3, -0.25) is 0 Å². The van der Waals surface area contributed by atoms with Crippen LogP contribution in [0, 0.1) is 0 Å². The van der Waals surface area contributed by atoms with Crippen LogP contribution in [0.3, 0.4) is 0 Å². The quantitative estimate of drug-likeness (QED) is 0.805. The monoisotopic (exact) mass is 207 g/mol. The van der Waals surface area contributed by atoms with Crippen molar-refractivity contribution in [2.75, 3.05) is 6.61 Å². The summed E-state index contributed by atoms with van der Waals surface area (Å²) in [5.74, 6) is 0.948. The zero-order chi connectivity index (χ0) is 11.3. The molecule has 1 rings (SSSR count). The van der Waals surface area contributed by atoms with Crippen LogP contribution < -0.4 is 10.5 Å². The van der Waals surface area contributed by atoms with Crippen molar-refractivity contribution in [3.8, 4) is 5.75 Å². The Morgan fingerprint density at radius 1 is 1.13 bits per heavy atom. The van der Waals surface area contributed by atoms with Crippen molar-refractivity contribution in [3.63, 3.8) is 0 Å². The molecule has 0 aliphatic rings. The lowest BCUT2D eigenvalue weighted by Crippen LogP contribution is -2.23. The van der Waals surface area contributed by atoms with Crippen LogP contribution in [0.1, 0.15) is 31.9 Å². The van der Waals surface area contributed by atoms with Crippen LogP contribution in [0.5, 0.6) is 5.75 Å². The van der Waals surface area contributed by atoms with Crippen LogP contribution in [0.2, 0.25) is 0 Å². The van der Waals surface area contributed by atoms with Gasteiger partial charge in [0.2, 0.25) is 0 Å². The minimum atomic E-state index is 0.0837. The van der Waals surface area contributed by atoms with E-state index in [0.29, 0.717) is 6.61 Å². The first-order valence-corrected chi connectivity index (χ1v) is 5.67. The second kappa shape index (κ2) is 5.76. The van der Waals surface area contributed by atoms with E-state index in [1.807, 2.05) is 6.92 Å². The van der Waals surface area contributed by atoms with Crippen LogP contribution in [0.25, 0.3) is 0 Å². The van der Waals surface area contributed by atoms with Gasteiger partial charge in [0.25, 0.3) is 0 Å². The van der Waals surface area contributed by atoms with Crippen molar-refractivity contribution in [3.05, 3.63) is 29.3 Å². The van der Waals surface area contributed by atoms with E-state index in [9.17, 15) is 0 Å². The molecule has 0 bridgehead atoms. The molecular weight excluding hydrogens is 186 g/mol. The zero-order valence-corrected chi connectivity index (χ0v) is 9.92. The highest BCUT2D eigenvalue weighted by Crippen LogP contribution is 2.18. The number of benzene rings is 1. The molecule has 84 valence electrons. The Kier molecular flexibility index (Phi) is 4.63. The van der Waals surface area contributed by atoms with Crippen molar-refractivity contribution >= 4 is 0 Å². The van der Waals surface area contributed by atoms with E-state index in [4.69, 9.17) is 10.5 Å². The molecule has 0 aliphatic carbocycles. The Bertz CT molecular complexity index is 285. The fourth-order valence-electron chi connectivity index (χ4n) is 1.45. The molecule has 15 heavy (non-hydrogen) atoms. The van der Waals surface area contributed by atoms with Gasteiger partial charge in [-0.25, -0.2) is 0 Å². The Morgan fingerprint density at radius 3 is 2.07 bits per heavy atom. The van der Waals surface area contributed by atoms with Crippen LogP contribution in [-0.4, -0.2) is 12.6 Å². The zero-order valence-electron chi connectivity index (χ0n) is 9.92. The highest BCUT2D eigenvalue weighted by atomic mass is 16.5. The highest BCUT2D eigenvalue weighted by molar-refractivity contribution is 5.34. The Morgan fingerprint density at radius 2 is 1.67 bits per heavy atom. The number of hydrogen-bond acceptors (Lipinski definition) is 2. The summed E-state index contributed by atoms with van der Waals surface area (Å²) in [5, 5.41) is 0. The van der Waals surface area contributed by atoms with Gasteiger partial charge in [-0.15, -0.1) is 0 Å². The third kappa shape index (κ3) is 3.92. The van der Waals surface area contributed by atoms with Crippen molar-refractivity contribution in [2.24, 2.45) is 5.73 Å². The van der Waals surface area contributed by atoms with Gasteiger partial charge in [-0.2, -0.15) is 0 Å². The first-order valence-electron chi connectivity index (χ1n) is 5.67. The molecule has 0 saturated heterocycles. The summed E-state index contributed by atoms with van der Waals surface area (Å²) >= 11 is 0. The lowest BCUT2D eigenvalue weighted by Gasteiger charge is -2.11. The number of aryl methyl sites for hydroxylation is 2. The topological polar surface area (TPSA) is 35.2 Å². The smallest absolute Gasteiger partial charge is 0.119 e. The van der Waals surface area contributed by atoms with Gasteiger partial charge in [0.05, 0.1) is 0 Å². The van der Waals surface area contributed by atoms with E-state index in [2.05, 4.69) is 32.0 Å². The summed E-state index contributed by atoms with van der Waals surface area (Å²) in [4.78, 5) is 0. The summed E-state index contributed by atoms with van der Waals surface area (Å²) in [6, 6.07) is 6.52. The summed E-state index contributed by atoms with van der Waals surface area (Å²) < 4.78 is 5.63. The molecule has 0 aromatic heterocycles. The van der Waals surface area contributed by atoms with Gasteiger partial charge < -0.3 is 10.5 Å². The van der Waals surface area contributed by atoms with E-state index in [1.54, 1.807) is 0 Å². The maximum Gasteiger partial charge on any atom is 0.119 e. The molecule has 2 N–H and O–H groups in total. The number of hydrogen-bond donors (Lipinski definition) is 1. The fraction of sp³-hybridized carbons (Fsp3) is 0.538. The van der Waals surface area contributed by atoms with Crippen molar-refractivity contribution in [1.29, 1.82) is 0 Å². The van der Waals surface area contributed by atoms with E-state index < -0.39 is 0 Å². The average molecular weight is 207 g/mol. The predicted octanol–water partition coefficient (Wildman–Crippen LogP) is 2.54. The van der Waals surface area contributed by atoms with Gasteiger partial charge in [-0.05, 0) is 43.0 Å². The Hall–Kier alpha value is -1.02. The van der Waals surface area contributed by atoms with Gasteiger partial charge in [-0.1, -0.05) is 19.9 Å². The standard InChI is InChI=1S/C13H21NO/c1-4-11-6-12(5-2)8-13(7-11)15-9-10(3)14/h6-8,10H,4-5,9,14H2,1-3H3. The van der Waals surface area contributed by atoms with E-state index in [-0.39, 0.29) is 6.04 Å².